The molecule has 2 N–H and O–H groups in total. The molecular formula is C31H50O2. The van der Waals surface area contributed by atoms with Gasteiger partial charge in [0.25, 0.3) is 0 Å². The van der Waals surface area contributed by atoms with Gasteiger partial charge >= 0.3 is 0 Å². The summed E-state index contributed by atoms with van der Waals surface area (Å²) in [6, 6.07) is 0. The predicted molar refractivity (Wildman–Crippen MR) is 139 cm³/mol. The maximum atomic E-state index is 11.4. The molecule has 0 aliphatic heterocycles. The van der Waals surface area contributed by atoms with Crippen LogP contribution in [0.15, 0.2) is 36.0 Å². The van der Waals surface area contributed by atoms with Crippen molar-refractivity contribution in [2.24, 2.45) is 51.8 Å². The second-order valence-electron chi connectivity index (χ2n) is 13.9. The van der Waals surface area contributed by atoms with E-state index in [9.17, 15) is 10.2 Å². The first-order valence-electron chi connectivity index (χ1n) is 13.7. The SMILES string of the molecule is C=C(C)C(C=CC(C)C1CCC2C3C(O)C=C4CC(O)CCC4(C)C3CCC12C)C(C)(C)C. The Bertz CT molecular complexity index is 815. The molecule has 0 aromatic carbocycles. The molecule has 0 aromatic rings. The van der Waals surface area contributed by atoms with Gasteiger partial charge in [0, 0.05) is 5.92 Å². The summed E-state index contributed by atoms with van der Waals surface area (Å²) < 4.78 is 0. The predicted octanol–water partition coefficient (Wildman–Crippen LogP) is 7.33. The number of rotatable bonds is 4. The number of fused-ring (bicyclic) bond motifs is 5. The summed E-state index contributed by atoms with van der Waals surface area (Å²) in [5.41, 5.74) is 3.28. The third kappa shape index (κ3) is 4.22. The Hall–Kier alpha value is -0.860. The van der Waals surface area contributed by atoms with E-state index in [1.807, 2.05) is 0 Å². The van der Waals surface area contributed by atoms with Gasteiger partial charge < -0.3 is 10.2 Å². The Morgan fingerprint density at radius 2 is 1.76 bits per heavy atom. The van der Waals surface area contributed by atoms with Crippen LogP contribution in [0, 0.1) is 51.8 Å². The van der Waals surface area contributed by atoms with Crippen LogP contribution < -0.4 is 0 Å². The summed E-state index contributed by atoms with van der Waals surface area (Å²) in [7, 11) is 0. The third-order valence-corrected chi connectivity index (χ3v) is 10.9. The maximum Gasteiger partial charge on any atom is 0.0757 e. The van der Waals surface area contributed by atoms with E-state index in [1.54, 1.807) is 0 Å². The Morgan fingerprint density at radius 3 is 2.39 bits per heavy atom. The fraction of sp³-hybridized carbons (Fsp3) is 0.806. The maximum absolute atomic E-state index is 11.4. The average Bonchev–Trinajstić information content (AvgIpc) is 3.05. The number of aliphatic hydroxyl groups excluding tert-OH is 2. The van der Waals surface area contributed by atoms with Gasteiger partial charge in [0.1, 0.15) is 0 Å². The van der Waals surface area contributed by atoms with E-state index in [4.69, 9.17) is 0 Å². The van der Waals surface area contributed by atoms with E-state index < -0.39 is 0 Å². The number of hydrogen-bond acceptors (Lipinski definition) is 2. The highest BCUT2D eigenvalue weighted by atomic mass is 16.3. The average molecular weight is 455 g/mol. The standard InChI is InChI=1S/C31H50O2/c1-19(2)23(29(4,5)6)10-9-20(3)24-11-12-25-28-26(14-16-31(24,25)8)30(7)15-13-22(32)17-21(30)18-27(28)33/h9-10,18,20,22-28,32-33H,1,11-17H2,2-8H3. The second kappa shape index (κ2) is 8.66. The molecule has 0 spiro atoms. The molecule has 0 amide bonds. The minimum atomic E-state index is -0.341. The van der Waals surface area contributed by atoms with Gasteiger partial charge in [-0.25, -0.2) is 0 Å². The van der Waals surface area contributed by atoms with Crippen LogP contribution in [0.4, 0.5) is 0 Å². The molecule has 0 aromatic heterocycles. The molecule has 4 aliphatic carbocycles. The van der Waals surface area contributed by atoms with Gasteiger partial charge in [-0.05, 0) is 97.7 Å². The van der Waals surface area contributed by atoms with Crippen molar-refractivity contribution in [1.29, 1.82) is 0 Å². The van der Waals surface area contributed by atoms with Crippen LogP contribution in [0.1, 0.15) is 93.4 Å². The van der Waals surface area contributed by atoms with E-state index >= 15 is 0 Å². The van der Waals surface area contributed by atoms with Gasteiger partial charge in [-0.1, -0.05) is 77.5 Å². The lowest BCUT2D eigenvalue weighted by Crippen LogP contribution is -2.54. The van der Waals surface area contributed by atoms with Gasteiger partial charge in [0.2, 0.25) is 0 Å². The van der Waals surface area contributed by atoms with Gasteiger partial charge in [-0.15, -0.1) is 0 Å². The van der Waals surface area contributed by atoms with Crippen molar-refractivity contribution in [2.45, 2.75) is 106 Å². The van der Waals surface area contributed by atoms with Crippen LogP contribution in [0.25, 0.3) is 0 Å². The smallest absolute Gasteiger partial charge is 0.0757 e. The first-order chi connectivity index (χ1) is 15.3. The van der Waals surface area contributed by atoms with Gasteiger partial charge in [0.05, 0.1) is 12.2 Å². The summed E-state index contributed by atoms with van der Waals surface area (Å²) in [4.78, 5) is 0. The Labute approximate surface area is 203 Å². The fourth-order valence-electron chi connectivity index (χ4n) is 9.15. The van der Waals surface area contributed by atoms with E-state index in [-0.39, 0.29) is 23.0 Å². The van der Waals surface area contributed by atoms with Crippen molar-refractivity contribution in [3.8, 4) is 0 Å². The molecule has 2 nitrogen and oxygen atoms in total. The minimum absolute atomic E-state index is 0.176. The summed E-state index contributed by atoms with van der Waals surface area (Å²) in [6.45, 7) is 20.8. The summed E-state index contributed by atoms with van der Waals surface area (Å²) in [6.07, 6.45) is 14.3. The zero-order chi connectivity index (χ0) is 24.3. The van der Waals surface area contributed by atoms with Crippen LogP contribution in [-0.4, -0.2) is 22.4 Å². The van der Waals surface area contributed by atoms with Gasteiger partial charge in [-0.3, -0.25) is 0 Å². The Morgan fingerprint density at radius 1 is 1.06 bits per heavy atom. The van der Waals surface area contributed by atoms with Crippen molar-refractivity contribution in [2.75, 3.05) is 0 Å². The summed E-state index contributed by atoms with van der Waals surface area (Å²) in [5.74, 6) is 3.19. The Balaban J connectivity index is 1.57. The summed E-state index contributed by atoms with van der Waals surface area (Å²) in [5, 5.41) is 21.6. The van der Waals surface area contributed by atoms with Crippen LogP contribution in [0.5, 0.6) is 0 Å². The van der Waals surface area contributed by atoms with E-state index in [1.165, 1.54) is 36.8 Å². The van der Waals surface area contributed by atoms with Crippen LogP contribution >= 0.6 is 0 Å². The third-order valence-electron chi connectivity index (χ3n) is 10.9. The van der Waals surface area contributed by atoms with Gasteiger partial charge in [0.15, 0.2) is 0 Å². The number of hydrogen-bond donors (Lipinski definition) is 2. The molecule has 2 heteroatoms. The molecule has 3 fully saturated rings. The first kappa shape index (κ1) is 25.2. The van der Waals surface area contributed by atoms with E-state index in [2.05, 4.69) is 73.3 Å². The zero-order valence-corrected chi connectivity index (χ0v) is 22.4. The molecule has 0 bridgehead atoms. The van der Waals surface area contributed by atoms with Crippen LogP contribution in [0.3, 0.4) is 0 Å². The van der Waals surface area contributed by atoms with Crippen LogP contribution in [0.2, 0.25) is 0 Å². The van der Waals surface area contributed by atoms with Crippen LogP contribution in [-0.2, 0) is 0 Å². The monoisotopic (exact) mass is 454 g/mol. The highest BCUT2D eigenvalue weighted by Crippen LogP contribution is 2.67. The quantitative estimate of drug-likeness (QED) is 0.437. The molecule has 4 rings (SSSR count). The zero-order valence-electron chi connectivity index (χ0n) is 22.4. The van der Waals surface area contributed by atoms with Crippen molar-refractivity contribution < 1.29 is 10.2 Å². The van der Waals surface area contributed by atoms with E-state index in [0.717, 1.165) is 19.3 Å². The first-order valence-corrected chi connectivity index (χ1v) is 13.7. The molecule has 4 aliphatic rings. The highest BCUT2D eigenvalue weighted by molar-refractivity contribution is 5.28. The molecule has 10 unspecified atom stereocenters. The molecule has 0 saturated heterocycles. The molecule has 33 heavy (non-hydrogen) atoms. The van der Waals surface area contributed by atoms with Crippen molar-refractivity contribution >= 4 is 0 Å². The normalized spacial score (nSPS) is 45.1. The minimum Gasteiger partial charge on any atom is -0.393 e. The number of allylic oxidation sites excluding steroid dienone is 3. The summed E-state index contributed by atoms with van der Waals surface area (Å²) >= 11 is 0. The lowest BCUT2D eigenvalue weighted by atomic mass is 9.46. The number of aliphatic hydroxyl groups is 2. The topological polar surface area (TPSA) is 40.5 Å². The van der Waals surface area contributed by atoms with E-state index in [0.29, 0.717) is 40.9 Å². The second-order valence-corrected chi connectivity index (χ2v) is 13.9. The molecule has 10 atom stereocenters. The highest BCUT2D eigenvalue weighted by Gasteiger charge is 2.61. The molecule has 0 heterocycles. The largest absolute Gasteiger partial charge is 0.393 e. The lowest BCUT2D eigenvalue weighted by Gasteiger charge is -2.59. The van der Waals surface area contributed by atoms with Gasteiger partial charge in [-0.2, -0.15) is 0 Å². The van der Waals surface area contributed by atoms with Crippen molar-refractivity contribution in [1.82, 2.24) is 0 Å². The molecule has 3 saturated carbocycles. The van der Waals surface area contributed by atoms with Crippen molar-refractivity contribution in [3.05, 3.63) is 36.0 Å². The van der Waals surface area contributed by atoms with Crippen molar-refractivity contribution in [3.63, 3.8) is 0 Å². The molecular weight excluding hydrogens is 404 g/mol. The molecule has 186 valence electrons. The fourth-order valence-corrected chi connectivity index (χ4v) is 9.15. The Kier molecular flexibility index (Phi) is 6.63. The lowest BCUT2D eigenvalue weighted by molar-refractivity contribution is -0.0950. The molecule has 0 radical (unpaired) electrons.